The minimum absolute atomic E-state index is 0.144. The Morgan fingerprint density at radius 3 is 2.48 bits per heavy atom. The van der Waals surface area contributed by atoms with E-state index in [1.54, 1.807) is 12.1 Å². The molecule has 1 heterocycles. The third-order valence-electron chi connectivity index (χ3n) is 6.05. The molecule has 0 unspecified atom stereocenters. The van der Waals surface area contributed by atoms with E-state index in [1.807, 2.05) is 17.4 Å². The summed E-state index contributed by atoms with van der Waals surface area (Å²) < 4.78 is 37.5. The highest BCUT2D eigenvalue weighted by Gasteiger charge is 2.38. The first-order valence-corrected chi connectivity index (χ1v) is 10.2. The first-order valence-electron chi connectivity index (χ1n) is 10.2. The normalized spacial score (nSPS) is 18.3. The van der Waals surface area contributed by atoms with Crippen molar-refractivity contribution in [3.63, 3.8) is 0 Å². The van der Waals surface area contributed by atoms with Crippen molar-refractivity contribution in [3.05, 3.63) is 53.6 Å². The average molecular weight is 402 g/mol. The van der Waals surface area contributed by atoms with Crippen molar-refractivity contribution in [1.29, 1.82) is 0 Å². The monoisotopic (exact) mass is 402 g/mol. The Kier molecular flexibility index (Phi) is 5.63. The van der Waals surface area contributed by atoms with Gasteiger partial charge in [0.2, 0.25) is 0 Å². The molecule has 154 valence electrons. The molecule has 1 N–H and O–H groups in total. The predicted octanol–water partition coefficient (Wildman–Crippen LogP) is 5.55. The van der Waals surface area contributed by atoms with E-state index in [-0.39, 0.29) is 5.69 Å². The first-order chi connectivity index (χ1) is 13.9. The van der Waals surface area contributed by atoms with Gasteiger partial charge in [0.1, 0.15) is 0 Å². The van der Waals surface area contributed by atoms with Crippen molar-refractivity contribution in [3.8, 4) is 11.1 Å². The number of rotatable bonds is 3. The Hall–Kier alpha value is -2.34. The quantitative estimate of drug-likeness (QED) is 0.731. The lowest BCUT2D eigenvalue weighted by atomic mass is 9.90. The molecule has 2 aromatic rings. The van der Waals surface area contributed by atoms with Crippen molar-refractivity contribution in [2.24, 2.45) is 0 Å². The van der Waals surface area contributed by atoms with Crippen LogP contribution < -0.4 is 5.32 Å². The summed E-state index contributed by atoms with van der Waals surface area (Å²) in [6.45, 7) is 2.03. The van der Waals surface area contributed by atoms with Crippen LogP contribution in [0, 0.1) is 0 Å². The van der Waals surface area contributed by atoms with Crippen LogP contribution in [0.2, 0.25) is 0 Å². The van der Waals surface area contributed by atoms with Crippen molar-refractivity contribution in [1.82, 2.24) is 4.90 Å². The van der Waals surface area contributed by atoms with Gasteiger partial charge < -0.3 is 5.32 Å². The maximum absolute atomic E-state index is 12.5. The van der Waals surface area contributed by atoms with Crippen LogP contribution in [-0.2, 0) is 17.8 Å². The molecule has 0 atom stereocenters. The summed E-state index contributed by atoms with van der Waals surface area (Å²) >= 11 is 0. The van der Waals surface area contributed by atoms with Gasteiger partial charge in [-0.2, -0.15) is 13.2 Å². The fourth-order valence-corrected chi connectivity index (χ4v) is 4.49. The number of nitrogens with one attached hydrogen (secondary N) is 1. The van der Waals surface area contributed by atoms with Gasteiger partial charge in [-0.25, -0.2) is 0 Å². The Morgan fingerprint density at radius 2 is 1.72 bits per heavy atom. The second-order valence-electron chi connectivity index (χ2n) is 8.03. The number of halogens is 3. The van der Waals surface area contributed by atoms with Gasteiger partial charge in [-0.15, -0.1) is 0 Å². The number of amides is 1. The summed E-state index contributed by atoms with van der Waals surface area (Å²) in [5, 5.41) is 1.93. The third-order valence-corrected chi connectivity index (χ3v) is 6.05. The van der Waals surface area contributed by atoms with E-state index >= 15 is 0 Å². The lowest BCUT2D eigenvalue weighted by Gasteiger charge is -2.37. The molecule has 3 nitrogen and oxygen atoms in total. The van der Waals surface area contributed by atoms with Gasteiger partial charge >= 0.3 is 12.1 Å². The van der Waals surface area contributed by atoms with Gasteiger partial charge in [0, 0.05) is 24.8 Å². The minimum atomic E-state index is -4.90. The summed E-state index contributed by atoms with van der Waals surface area (Å²) in [5.74, 6) is -1.96. The number of carbonyl (C=O) groups is 1. The molecular weight excluding hydrogens is 377 g/mol. The highest BCUT2D eigenvalue weighted by Crippen LogP contribution is 2.31. The lowest BCUT2D eigenvalue weighted by molar-refractivity contribution is -0.167. The molecule has 0 aromatic heterocycles. The maximum atomic E-state index is 12.5. The van der Waals surface area contributed by atoms with Crippen LogP contribution >= 0.6 is 0 Å². The van der Waals surface area contributed by atoms with E-state index in [0.717, 1.165) is 30.6 Å². The topological polar surface area (TPSA) is 32.3 Å². The second-order valence-corrected chi connectivity index (χ2v) is 8.03. The number of nitrogens with zero attached hydrogens (tertiary/aromatic N) is 1. The number of alkyl halides is 3. The van der Waals surface area contributed by atoms with Crippen LogP contribution in [0.4, 0.5) is 18.9 Å². The number of hydrogen-bond acceptors (Lipinski definition) is 2. The molecular formula is C23H25F3N2O. The molecule has 1 aliphatic heterocycles. The summed E-state index contributed by atoms with van der Waals surface area (Å²) in [6.07, 6.45) is 2.69. The Morgan fingerprint density at radius 1 is 0.966 bits per heavy atom. The minimum Gasteiger partial charge on any atom is -0.318 e. The molecule has 0 saturated heterocycles. The molecule has 2 aliphatic rings. The molecule has 1 amide bonds. The van der Waals surface area contributed by atoms with E-state index in [2.05, 4.69) is 17.0 Å². The molecule has 0 spiro atoms. The van der Waals surface area contributed by atoms with Gasteiger partial charge in [0.15, 0.2) is 0 Å². The number of fused-ring (bicyclic) bond motifs is 1. The Balaban J connectivity index is 1.50. The number of hydrogen-bond donors (Lipinski definition) is 1. The van der Waals surface area contributed by atoms with E-state index < -0.39 is 12.1 Å². The fraction of sp³-hybridized carbons (Fsp3) is 0.435. The fourth-order valence-electron chi connectivity index (χ4n) is 4.49. The van der Waals surface area contributed by atoms with E-state index in [1.165, 1.54) is 49.3 Å². The van der Waals surface area contributed by atoms with Crippen LogP contribution in [0.1, 0.15) is 43.2 Å². The Labute approximate surface area is 168 Å². The van der Waals surface area contributed by atoms with Crippen molar-refractivity contribution < 1.29 is 18.0 Å². The molecule has 1 aliphatic carbocycles. The lowest BCUT2D eigenvalue weighted by Crippen LogP contribution is -2.40. The summed E-state index contributed by atoms with van der Waals surface area (Å²) in [7, 11) is 0. The van der Waals surface area contributed by atoms with Crippen molar-refractivity contribution in [2.75, 3.05) is 11.9 Å². The largest absolute Gasteiger partial charge is 0.471 e. The average Bonchev–Trinajstić information content (AvgIpc) is 2.73. The van der Waals surface area contributed by atoms with Gasteiger partial charge in [-0.3, -0.25) is 9.69 Å². The first kappa shape index (κ1) is 20.0. The highest BCUT2D eigenvalue weighted by molar-refractivity contribution is 5.95. The van der Waals surface area contributed by atoms with Crippen molar-refractivity contribution >= 4 is 11.6 Å². The molecule has 29 heavy (non-hydrogen) atoms. The van der Waals surface area contributed by atoms with Crippen LogP contribution in [0.25, 0.3) is 11.1 Å². The van der Waals surface area contributed by atoms with Crippen LogP contribution in [-0.4, -0.2) is 29.6 Å². The SMILES string of the molecule is O=C(Nc1cccc(-c2ccc3c(c2)CCN(C2CCCCC2)C3)c1)C(F)(F)F. The molecule has 4 rings (SSSR count). The van der Waals surface area contributed by atoms with Gasteiger partial charge in [-0.05, 0) is 53.6 Å². The van der Waals surface area contributed by atoms with Crippen LogP contribution in [0.5, 0.6) is 0 Å². The number of benzene rings is 2. The third kappa shape index (κ3) is 4.64. The highest BCUT2D eigenvalue weighted by atomic mass is 19.4. The van der Waals surface area contributed by atoms with E-state index in [9.17, 15) is 18.0 Å². The zero-order chi connectivity index (χ0) is 20.4. The van der Waals surface area contributed by atoms with Crippen LogP contribution in [0.15, 0.2) is 42.5 Å². The van der Waals surface area contributed by atoms with Crippen molar-refractivity contribution in [2.45, 2.75) is 57.3 Å². The van der Waals surface area contributed by atoms with E-state index in [4.69, 9.17) is 0 Å². The predicted molar refractivity (Wildman–Crippen MR) is 108 cm³/mol. The number of carbonyl (C=O) groups excluding carboxylic acids is 1. The van der Waals surface area contributed by atoms with Gasteiger partial charge in [0.05, 0.1) is 0 Å². The van der Waals surface area contributed by atoms with E-state index in [0.29, 0.717) is 6.04 Å². The Bertz CT molecular complexity index is 888. The zero-order valence-corrected chi connectivity index (χ0v) is 16.3. The summed E-state index contributed by atoms with van der Waals surface area (Å²) in [4.78, 5) is 13.8. The standard InChI is InChI=1S/C23H25F3N2O/c24-23(25,26)22(29)27-20-6-4-5-16(14-20)17-9-10-19-15-28(12-11-18(19)13-17)21-7-2-1-3-8-21/h4-6,9-10,13-14,21H,1-3,7-8,11-12,15H2,(H,27,29). The zero-order valence-electron chi connectivity index (χ0n) is 16.3. The summed E-state index contributed by atoms with van der Waals surface area (Å²) in [5.41, 5.74) is 4.54. The smallest absolute Gasteiger partial charge is 0.318 e. The molecule has 0 bridgehead atoms. The molecule has 1 fully saturated rings. The molecule has 6 heteroatoms. The van der Waals surface area contributed by atoms with Gasteiger partial charge in [-0.1, -0.05) is 49.6 Å². The van der Waals surface area contributed by atoms with Gasteiger partial charge in [0.25, 0.3) is 0 Å². The summed E-state index contributed by atoms with van der Waals surface area (Å²) in [6, 6.07) is 13.6. The molecule has 1 saturated carbocycles. The van der Waals surface area contributed by atoms with Crippen LogP contribution in [0.3, 0.4) is 0 Å². The second kappa shape index (κ2) is 8.19. The molecule has 2 aromatic carbocycles. The maximum Gasteiger partial charge on any atom is 0.471 e. The molecule has 0 radical (unpaired) electrons. The number of anilines is 1.